The van der Waals surface area contributed by atoms with E-state index in [1.807, 2.05) is 32.0 Å². The molecule has 0 radical (unpaired) electrons. The van der Waals surface area contributed by atoms with Gasteiger partial charge < -0.3 is 10.2 Å². The van der Waals surface area contributed by atoms with Crippen molar-refractivity contribution in [3.05, 3.63) is 63.2 Å². The maximum absolute atomic E-state index is 12.6. The first-order valence-electron chi connectivity index (χ1n) is 9.38. The predicted octanol–water partition coefficient (Wildman–Crippen LogP) is 4.84. The van der Waals surface area contributed by atoms with Crippen LogP contribution in [0.4, 0.5) is 17.1 Å². The number of nitro groups is 1. The first-order chi connectivity index (χ1) is 13.0. The zero-order chi connectivity index (χ0) is 19.4. The molecule has 1 aliphatic heterocycles. The van der Waals surface area contributed by atoms with Crippen LogP contribution in [0.2, 0.25) is 0 Å². The van der Waals surface area contributed by atoms with Crippen LogP contribution in [0, 0.1) is 24.0 Å². The minimum Gasteiger partial charge on any atom is -0.366 e. The summed E-state index contributed by atoms with van der Waals surface area (Å²) in [6.45, 7) is 5.54. The molecule has 1 saturated heterocycles. The fraction of sp³-hybridized carbons (Fsp3) is 0.381. The lowest BCUT2D eigenvalue weighted by atomic mass is 10.1. The third-order valence-corrected chi connectivity index (χ3v) is 5.01. The quantitative estimate of drug-likeness (QED) is 0.619. The van der Waals surface area contributed by atoms with Gasteiger partial charge in [0.1, 0.15) is 5.69 Å². The van der Waals surface area contributed by atoms with Gasteiger partial charge in [-0.1, -0.05) is 30.5 Å². The maximum atomic E-state index is 12.6. The molecule has 6 heteroatoms. The summed E-state index contributed by atoms with van der Waals surface area (Å²) in [6, 6.07) is 10.5. The number of nitrogens with one attached hydrogen (secondary N) is 1. The summed E-state index contributed by atoms with van der Waals surface area (Å²) in [6.07, 6.45) is 4.37. The van der Waals surface area contributed by atoms with Gasteiger partial charge in [-0.15, -0.1) is 0 Å². The highest BCUT2D eigenvalue weighted by molar-refractivity contribution is 6.05. The van der Waals surface area contributed by atoms with Gasteiger partial charge >= 0.3 is 0 Å². The molecule has 1 heterocycles. The van der Waals surface area contributed by atoms with Crippen LogP contribution < -0.4 is 10.2 Å². The second-order valence-corrected chi connectivity index (χ2v) is 7.13. The summed E-state index contributed by atoms with van der Waals surface area (Å²) in [7, 11) is 0. The van der Waals surface area contributed by atoms with E-state index >= 15 is 0 Å². The summed E-state index contributed by atoms with van der Waals surface area (Å²) in [4.78, 5) is 25.9. The molecular formula is C21H25N3O3. The predicted molar refractivity (Wildman–Crippen MR) is 108 cm³/mol. The average Bonchev–Trinajstić information content (AvgIpc) is 2.92. The summed E-state index contributed by atoms with van der Waals surface area (Å²) >= 11 is 0. The zero-order valence-corrected chi connectivity index (χ0v) is 15.8. The first kappa shape index (κ1) is 18.9. The monoisotopic (exact) mass is 367 g/mol. The Labute approximate surface area is 159 Å². The Hall–Kier alpha value is -2.89. The van der Waals surface area contributed by atoms with E-state index in [1.54, 1.807) is 12.1 Å². The highest BCUT2D eigenvalue weighted by atomic mass is 16.6. The number of anilines is 2. The highest BCUT2D eigenvalue weighted by Crippen LogP contribution is 2.31. The van der Waals surface area contributed by atoms with Crippen molar-refractivity contribution in [1.29, 1.82) is 0 Å². The van der Waals surface area contributed by atoms with Crippen LogP contribution in [-0.2, 0) is 0 Å². The number of nitrogens with zero attached hydrogens (tertiary/aromatic N) is 2. The molecule has 2 aromatic rings. The van der Waals surface area contributed by atoms with Crippen LogP contribution in [0.5, 0.6) is 0 Å². The Morgan fingerprint density at radius 2 is 1.74 bits per heavy atom. The fourth-order valence-electron chi connectivity index (χ4n) is 3.54. The van der Waals surface area contributed by atoms with Crippen LogP contribution in [0.25, 0.3) is 0 Å². The molecule has 0 atom stereocenters. The molecule has 142 valence electrons. The van der Waals surface area contributed by atoms with Crippen molar-refractivity contribution in [2.24, 2.45) is 0 Å². The lowest BCUT2D eigenvalue weighted by Crippen LogP contribution is -2.25. The lowest BCUT2D eigenvalue weighted by Gasteiger charge is -2.22. The first-order valence-corrected chi connectivity index (χ1v) is 9.38. The fourth-order valence-corrected chi connectivity index (χ4v) is 3.54. The molecule has 1 N–H and O–H groups in total. The van der Waals surface area contributed by atoms with Gasteiger partial charge in [0.05, 0.1) is 4.92 Å². The Morgan fingerprint density at radius 1 is 1.04 bits per heavy atom. The zero-order valence-electron chi connectivity index (χ0n) is 15.8. The number of rotatable bonds is 4. The SMILES string of the molecule is Cc1ccc(NC(=O)c2ccc(N3CCCCCC3)c([N+](=O)[O-])c2)c(C)c1. The normalized spacial score (nSPS) is 14.5. The average molecular weight is 367 g/mol. The summed E-state index contributed by atoms with van der Waals surface area (Å²) in [5, 5.41) is 14.5. The Morgan fingerprint density at radius 3 is 2.37 bits per heavy atom. The molecule has 0 spiro atoms. The van der Waals surface area contributed by atoms with Crippen LogP contribution in [0.15, 0.2) is 36.4 Å². The summed E-state index contributed by atoms with van der Waals surface area (Å²) < 4.78 is 0. The molecule has 1 fully saturated rings. The Bertz CT molecular complexity index is 856. The van der Waals surface area contributed by atoms with Crippen LogP contribution in [0.1, 0.15) is 47.2 Å². The van der Waals surface area contributed by atoms with E-state index < -0.39 is 4.92 Å². The van der Waals surface area contributed by atoms with Gasteiger partial charge in [0.25, 0.3) is 11.6 Å². The number of nitro benzene ring substituents is 1. The molecular weight excluding hydrogens is 342 g/mol. The Balaban J connectivity index is 1.86. The van der Waals surface area contributed by atoms with Crippen LogP contribution in [0.3, 0.4) is 0 Å². The smallest absolute Gasteiger partial charge is 0.293 e. The van der Waals surface area contributed by atoms with Crippen molar-refractivity contribution < 1.29 is 9.72 Å². The van der Waals surface area contributed by atoms with Gasteiger partial charge in [-0.3, -0.25) is 14.9 Å². The largest absolute Gasteiger partial charge is 0.366 e. The Kier molecular flexibility index (Phi) is 5.74. The number of amides is 1. The van der Waals surface area contributed by atoms with Gasteiger partial charge in [-0.25, -0.2) is 0 Å². The standard InChI is InChI=1S/C21H25N3O3/c1-15-7-9-18(16(2)13-15)22-21(25)17-8-10-19(20(14-17)24(26)27)23-11-5-3-4-6-12-23/h7-10,13-14H,3-6,11-12H2,1-2H3,(H,22,25). The molecule has 0 unspecified atom stereocenters. The van der Waals surface area contributed by atoms with Crippen molar-refractivity contribution >= 4 is 23.0 Å². The lowest BCUT2D eigenvalue weighted by molar-refractivity contribution is -0.384. The second-order valence-electron chi connectivity index (χ2n) is 7.13. The number of carbonyl (C=O) groups excluding carboxylic acids is 1. The molecule has 6 nitrogen and oxygen atoms in total. The highest BCUT2D eigenvalue weighted by Gasteiger charge is 2.22. The van der Waals surface area contributed by atoms with Gasteiger partial charge in [0.2, 0.25) is 0 Å². The molecule has 1 amide bonds. The molecule has 2 aromatic carbocycles. The van der Waals surface area contributed by atoms with Crippen molar-refractivity contribution in [3.63, 3.8) is 0 Å². The second kappa shape index (κ2) is 8.20. The van der Waals surface area contributed by atoms with E-state index in [0.717, 1.165) is 49.9 Å². The third-order valence-electron chi connectivity index (χ3n) is 5.01. The minimum absolute atomic E-state index is 0.00909. The molecule has 3 rings (SSSR count). The van der Waals surface area contributed by atoms with E-state index in [-0.39, 0.29) is 11.6 Å². The number of carbonyl (C=O) groups is 1. The van der Waals surface area contributed by atoms with Crippen LogP contribution >= 0.6 is 0 Å². The van der Waals surface area contributed by atoms with Crippen molar-refractivity contribution in [2.45, 2.75) is 39.5 Å². The van der Waals surface area contributed by atoms with Gasteiger partial charge in [-0.2, -0.15) is 0 Å². The number of aryl methyl sites for hydroxylation is 2. The molecule has 0 saturated carbocycles. The van der Waals surface area contributed by atoms with Crippen molar-refractivity contribution in [3.8, 4) is 0 Å². The van der Waals surface area contributed by atoms with E-state index in [1.165, 1.54) is 6.07 Å². The van der Waals surface area contributed by atoms with Crippen molar-refractivity contribution in [2.75, 3.05) is 23.3 Å². The van der Waals surface area contributed by atoms with Gasteiger partial charge in [0, 0.05) is 30.4 Å². The topological polar surface area (TPSA) is 75.5 Å². The van der Waals surface area contributed by atoms with E-state index in [4.69, 9.17) is 0 Å². The number of benzene rings is 2. The van der Waals surface area contributed by atoms with E-state index in [2.05, 4.69) is 10.2 Å². The molecule has 0 aromatic heterocycles. The maximum Gasteiger partial charge on any atom is 0.293 e. The van der Waals surface area contributed by atoms with Crippen molar-refractivity contribution in [1.82, 2.24) is 0 Å². The summed E-state index contributed by atoms with van der Waals surface area (Å²) in [5.74, 6) is -0.340. The minimum atomic E-state index is -0.395. The van der Waals surface area contributed by atoms with Crippen LogP contribution in [-0.4, -0.2) is 23.9 Å². The van der Waals surface area contributed by atoms with Gasteiger partial charge in [0.15, 0.2) is 0 Å². The van der Waals surface area contributed by atoms with E-state index in [9.17, 15) is 14.9 Å². The van der Waals surface area contributed by atoms with E-state index in [0.29, 0.717) is 16.9 Å². The van der Waals surface area contributed by atoms with Gasteiger partial charge in [-0.05, 0) is 50.5 Å². The molecule has 0 aliphatic carbocycles. The molecule has 1 aliphatic rings. The summed E-state index contributed by atoms with van der Waals surface area (Å²) in [5.41, 5.74) is 3.67. The number of hydrogen-bond acceptors (Lipinski definition) is 4. The number of hydrogen-bond donors (Lipinski definition) is 1. The molecule has 0 bridgehead atoms. The third kappa shape index (κ3) is 4.45. The molecule has 27 heavy (non-hydrogen) atoms.